The normalized spacial score (nSPS) is 29.0. The molecule has 1 aromatic rings. The van der Waals surface area contributed by atoms with Gasteiger partial charge in [0.1, 0.15) is 11.4 Å². The molecular weight excluding hydrogens is 242 g/mol. The van der Waals surface area contributed by atoms with Crippen LogP contribution in [0.25, 0.3) is 0 Å². The second kappa shape index (κ2) is 5.17. The Hall–Kier alpha value is -1.62. The Kier molecular flexibility index (Phi) is 3.38. The first-order valence-corrected chi connectivity index (χ1v) is 6.82. The van der Waals surface area contributed by atoms with E-state index in [1.165, 1.54) is 20.0 Å². The fourth-order valence-corrected chi connectivity index (χ4v) is 3.16. The van der Waals surface area contributed by atoms with Crippen molar-refractivity contribution in [1.29, 1.82) is 0 Å². The fraction of sp³-hybridized carbons (Fsp3) is 0.571. The Morgan fingerprint density at radius 2 is 2.16 bits per heavy atom. The molecule has 2 aliphatic heterocycles. The number of hydrogen-bond acceptors (Lipinski definition) is 5. The van der Waals surface area contributed by atoms with Crippen LogP contribution in [0.4, 0.5) is 5.82 Å². The molecule has 0 aromatic carbocycles. The summed E-state index contributed by atoms with van der Waals surface area (Å²) in [6, 6.07) is 5.11. The maximum atomic E-state index is 11.7. The summed E-state index contributed by atoms with van der Waals surface area (Å²) in [7, 11) is 1.39. The lowest BCUT2D eigenvalue weighted by molar-refractivity contribution is 0.0601. The van der Waals surface area contributed by atoms with Gasteiger partial charge in [-0.25, -0.2) is 9.78 Å². The molecule has 5 nitrogen and oxygen atoms in total. The van der Waals surface area contributed by atoms with Gasteiger partial charge in [-0.1, -0.05) is 0 Å². The summed E-state index contributed by atoms with van der Waals surface area (Å²) < 4.78 is 4.79. The van der Waals surface area contributed by atoms with Gasteiger partial charge < -0.3 is 15.4 Å². The van der Waals surface area contributed by atoms with Crippen LogP contribution in [-0.4, -0.2) is 36.2 Å². The van der Waals surface area contributed by atoms with E-state index in [1.807, 2.05) is 0 Å². The molecule has 0 amide bonds. The smallest absolute Gasteiger partial charge is 0.341 e. The van der Waals surface area contributed by atoms with Crippen LogP contribution in [0.15, 0.2) is 18.3 Å². The van der Waals surface area contributed by atoms with Crippen LogP contribution in [0, 0.1) is 0 Å². The molecule has 2 N–H and O–H groups in total. The topological polar surface area (TPSA) is 63.2 Å². The number of anilines is 1. The summed E-state index contributed by atoms with van der Waals surface area (Å²) in [4.78, 5) is 16.0. The summed E-state index contributed by atoms with van der Waals surface area (Å²) in [5.41, 5.74) is 0.510. The van der Waals surface area contributed by atoms with Crippen molar-refractivity contribution in [1.82, 2.24) is 10.3 Å². The van der Waals surface area contributed by atoms with Gasteiger partial charge in [0.25, 0.3) is 0 Å². The van der Waals surface area contributed by atoms with Crippen molar-refractivity contribution in [3.63, 3.8) is 0 Å². The van der Waals surface area contributed by atoms with Crippen molar-refractivity contribution in [2.75, 3.05) is 12.4 Å². The van der Waals surface area contributed by atoms with Gasteiger partial charge in [-0.15, -0.1) is 0 Å². The molecule has 0 aliphatic carbocycles. The third-order valence-electron chi connectivity index (χ3n) is 4.03. The minimum absolute atomic E-state index is 0.340. The van der Waals surface area contributed by atoms with Crippen LogP contribution in [-0.2, 0) is 4.74 Å². The van der Waals surface area contributed by atoms with Crippen molar-refractivity contribution in [2.24, 2.45) is 0 Å². The Labute approximate surface area is 112 Å². The lowest BCUT2D eigenvalue weighted by atomic mass is 9.99. The molecule has 0 spiro atoms. The number of rotatable bonds is 3. The second-order valence-corrected chi connectivity index (χ2v) is 5.34. The summed E-state index contributed by atoms with van der Waals surface area (Å²) in [5, 5.41) is 7.02. The summed E-state index contributed by atoms with van der Waals surface area (Å²) in [6.07, 6.45) is 6.40. The average molecular weight is 261 g/mol. The van der Waals surface area contributed by atoms with Crippen LogP contribution in [0.1, 0.15) is 36.0 Å². The van der Waals surface area contributed by atoms with Gasteiger partial charge >= 0.3 is 5.97 Å². The van der Waals surface area contributed by atoms with Crippen molar-refractivity contribution in [2.45, 2.75) is 43.8 Å². The average Bonchev–Trinajstić information content (AvgIpc) is 2.78. The van der Waals surface area contributed by atoms with Gasteiger partial charge in [0.15, 0.2) is 0 Å². The number of carbonyl (C=O) groups is 1. The Bertz CT molecular complexity index is 466. The highest BCUT2D eigenvalue weighted by Crippen LogP contribution is 2.29. The van der Waals surface area contributed by atoms with E-state index in [2.05, 4.69) is 15.6 Å². The third kappa shape index (κ3) is 2.56. The van der Waals surface area contributed by atoms with Gasteiger partial charge in [0.05, 0.1) is 7.11 Å². The number of ether oxygens (including phenoxy) is 1. The molecule has 2 atom stereocenters. The van der Waals surface area contributed by atoms with Gasteiger partial charge in [-0.2, -0.15) is 0 Å². The quantitative estimate of drug-likeness (QED) is 0.809. The molecule has 0 radical (unpaired) electrons. The predicted octanol–water partition coefficient (Wildman–Crippen LogP) is 1.56. The zero-order valence-electron chi connectivity index (χ0n) is 11.1. The van der Waals surface area contributed by atoms with Crippen LogP contribution in [0.3, 0.4) is 0 Å². The molecule has 2 bridgehead atoms. The number of carbonyl (C=O) groups excluding carboxylic acids is 1. The maximum Gasteiger partial charge on any atom is 0.341 e. The minimum Gasteiger partial charge on any atom is -0.465 e. The standard InChI is InChI=1S/C14H19N3O2/c1-19-14(18)12-3-2-6-15-13(12)17-11-7-9-4-5-10(8-11)16-9/h2-3,6,9-11,16H,4-5,7-8H2,1H3,(H,15,17). The molecule has 2 unspecified atom stereocenters. The highest BCUT2D eigenvalue weighted by Gasteiger charge is 2.33. The minimum atomic E-state index is -0.340. The molecule has 2 saturated heterocycles. The highest BCUT2D eigenvalue weighted by molar-refractivity contribution is 5.94. The first kappa shape index (κ1) is 12.4. The first-order chi connectivity index (χ1) is 9.26. The summed E-state index contributed by atoms with van der Waals surface area (Å²) in [6.45, 7) is 0. The fourth-order valence-electron chi connectivity index (χ4n) is 3.16. The highest BCUT2D eigenvalue weighted by atomic mass is 16.5. The van der Waals surface area contributed by atoms with Gasteiger partial charge in [-0.3, -0.25) is 0 Å². The first-order valence-electron chi connectivity index (χ1n) is 6.82. The molecule has 102 valence electrons. The molecular formula is C14H19N3O2. The third-order valence-corrected chi connectivity index (χ3v) is 4.03. The second-order valence-electron chi connectivity index (χ2n) is 5.34. The van der Waals surface area contributed by atoms with Crippen LogP contribution in [0.5, 0.6) is 0 Å². The number of hydrogen-bond donors (Lipinski definition) is 2. The van der Waals surface area contributed by atoms with Crippen molar-refractivity contribution >= 4 is 11.8 Å². The SMILES string of the molecule is COC(=O)c1cccnc1NC1CC2CCC(C1)N2. The largest absolute Gasteiger partial charge is 0.465 e. The number of fused-ring (bicyclic) bond motifs is 2. The molecule has 5 heteroatoms. The van der Waals surface area contributed by atoms with Gasteiger partial charge in [-0.05, 0) is 37.8 Å². The predicted molar refractivity (Wildman–Crippen MR) is 72.2 cm³/mol. The van der Waals surface area contributed by atoms with Crippen LogP contribution in [0.2, 0.25) is 0 Å². The van der Waals surface area contributed by atoms with Gasteiger partial charge in [0.2, 0.25) is 0 Å². The lowest BCUT2D eigenvalue weighted by Crippen LogP contribution is -2.43. The Morgan fingerprint density at radius 1 is 1.42 bits per heavy atom. The van der Waals surface area contributed by atoms with E-state index in [0.717, 1.165) is 12.8 Å². The van der Waals surface area contributed by atoms with Crippen LogP contribution < -0.4 is 10.6 Å². The Balaban J connectivity index is 1.74. The molecule has 2 fully saturated rings. The number of nitrogens with one attached hydrogen (secondary N) is 2. The van der Waals surface area contributed by atoms with Crippen LogP contribution >= 0.6 is 0 Å². The Morgan fingerprint density at radius 3 is 2.84 bits per heavy atom. The molecule has 19 heavy (non-hydrogen) atoms. The van der Waals surface area contributed by atoms with Crippen molar-refractivity contribution in [3.05, 3.63) is 23.9 Å². The van der Waals surface area contributed by atoms with E-state index >= 15 is 0 Å². The molecule has 0 saturated carbocycles. The number of piperidine rings is 1. The number of methoxy groups -OCH3 is 1. The van der Waals surface area contributed by atoms with E-state index in [1.54, 1.807) is 18.3 Å². The lowest BCUT2D eigenvalue weighted by Gasteiger charge is -2.30. The zero-order chi connectivity index (χ0) is 13.2. The monoisotopic (exact) mass is 261 g/mol. The molecule has 3 rings (SSSR count). The van der Waals surface area contributed by atoms with Crippen molar-refractivity contribution < 1.29 is 9.53 Å². The molecule has 1 aromatic heterocycles. The molecule has 2 aliphatic rings. The number of aromatic nitrogens is 1. The van der Waals surface area contributed by atoms with E-state index in [-0.39, 0.29) is 5.97 Å². The number of pyridine rings is 1. The summed E-state index contributed by atoms with van der Waals surface area (Å²) >= 11 is 0. The van der Waals surface area contributed by atoms with E-state index < -0.39 is 0 Å². The summed E-state index contributed by atoms with van der Waals surface area (Å²) in [5.74, 6) is 0.299. The maximum absolute atomic E-state index is 11.7. The zero-order valence-corrected chi connectivity index (χ0v) is 11.1. The molecule has 3 heterocycles. The van der Waals surface area contributed by atoms with Gasteiger partial charge in [0, 0.05) is 24.3 Å². The number of nitrogens with zero attached hydrogens (tertiary/aromatic N) is 1. The van der Waals surface area contributed by atoms with Crippen molar-refractivity contribution in [3.8, 4) is 0 Å². The van der Waals surface area contributed by atoms with E-state index in [0.29, 0.717) is 29.5 Å². The number of esters is 1. The van der Waals surface area contributed by atoms with E-state index in [9.17, 15) is 4.79 Å². The van der Waals surface area contributed by atoms with E-state index in [4.69, 9.17) is 4.74 Å².